The molecule has 0 aliphatic carbocycles. The van der Waals surface area contributed by atoms with Crippen LogP contribution in [0.2, 0.25) is 0 Å². The number of aliphatic hydroxyl groups excluding tert-OH is 1. The number of nitrogens with one attached hydrogen (secondary N) is 1. The molecule has 0 aromatic carbocycles. The molecule has 2 aromatic heterocycles. The second-order valence-electron chi connectivity index (χ2n) is 4.58. The predicted molar refractivity (Wildman–Crippen MR) is 66.9 cm³/mol. The van der Waals surface area contributed by atoms with Crippen LogP contribution in [0.4, 0.5) is 13.2 Å². The summed E-state index contributed by atoms with van der Waals surface area (Å²) in [7, 11) is 0. The van der Waals surface area contributed by atoms with Gasteiger partial charge in [-0.2, -0.15) is 18.3 Å². The van der Waals surface area contributed by atoms with Crippen molar-refractivity contribution in [2.45, 2.75) is 26.1 Å². The third-order valence-corrected chi connectivity index (χ3v) is 2.92. The van der Waals surface area contributed by atoms with E-state index in [1.807, 2.05) is 5.32 Å². The monoisotopic (exact) mass is 302 g/mol. The number of alkyl halides is 3. The van der Waals surface area contributed by atoms with E-state index in [-0.39, 0.29) is 5.56 Å². The van der Waals surface area contributed by atoms with Gasteiger partial charge in [0.05, 0.1) is 23.5 Å². The van der Waals surface area contributed by atoms with Crippen molar-refractivity contribution in [2.75, 3.05) is 6.54 Å². The van der Waals surface area contributed by atoms with Gasteiger partial charge < -0.3 is 10.4 Å². The fraction of sp³-hybridized carbons (Fsp3) is 0.417. The van der Waals surface area contributed by atoms with E-state index in [0.717, 1.165) is 0 Å². The number of rotatable bonds is 3. The molecule has 0 radical (unpaired) electrons. The number of aliphatic hydroxyl groups is 1. The van der Waals surface area contributed by atoms with E-state index < -0.39 is 24.7 Å². The zero-order valence-electron chi connectivity index (χ0n) is 11.3. The maximum absolute atomic E-state index is 12.2. The number of aryl methyl sites for hydroxylation is 2. The van der Waals surface area contributed by atoms with Gasteiger partial charge in [-0.3, -0.25) is 4.79 Å². The smallest absolute Gasteiger partial charge is 0.382 e. The lowest BCUT2D eigenvalue weighted by atomic mass is 10.2. The van der Waals surface area contributed by atoms with Gasteiger partial charge in [-0.25, -0.2) is 9.50 Å². The van der Waals surface area contributed by atoms with Crippen molar-refractivity contribution in [3.63, 3.8) is 0 Å². The summed E-state index contributed by atoms with van der Waals surface area (Å²) in [6.07, 6.45) is -6.12. The van der Waals surface area contributed by atoms with E-state index in [9.17, 15) is 18.0 Å². The van der Waals surface area contributed by atoms with Gasteiger partial charge in [-0.15, -0.1) is 0 Å². The Balaban J connectivity index is 2.18. The van der Waals surface area contributed by atoms with E-state index in [0.29, 0.717) is 17.0 Å². The molecule has 0 aliphatic rings. The van der Waals surface area contributed by atoms with Crippen LogP contribution in [-0.2, 0) is 0 Å². The van der Waals surface area contributed by atoms with Crippen LogP contribution in [-0.4, -0.2) is 44.4 Å². The number of nitrogens with zero attached hydrogens (tertiary/aromatic N) is 3. The third-order valence-electron chi connectivity index (χ3n) is 2.92. The molecule has 9 heteroatoms. The van der Waals surface area contributed by atoms with Gasteiger partial charge in [0.25, 0.3) is 5.91 Å². The molecule has 1 amide bonds. The highest BCUT2D eigenvalue weighted by Crippen LogP contribution is 2.19. The number of amides is 1. The van der Waals surface area contributed by atoms with Crippen LogP contribution in [0.3, 0.4) is 0 Å². The summed E-state index contributed by atoms with van der Waals surface area (Å²) in [6.45, 7) is 2.45. The molecule has 1 atom stereocenters. The molecule has 0 saturated heterocycles. The fourth-order valence-electron chi connectivity index (χ4n) is 1.79. The molecule has 2 N–H and O–H groups in total. The molecule has 6 nitrogen and oxygen atoms in total. The van der Waals surface area contributed by atoms with Crippen molar-refractivity contribution in [2.24, 2.45) is 0 Å². The predicted octanol–water partition coefficient (Wildman–Crippen LogP) is 0.999. The van der Waals surface area contributed by atoms with Crippen LogP contribution < -0.4 is 5.32 Å². The van der Waals surface area contributed by atoms with Crippen LogP contribution in [0, 0.1) is 13.8 Å². The van der Waals surface area contributed by atoms with Crippen LogP contribution in [0.15, 0.2) is 12.3 Å². The highest BCUT2D eigenvalue weighted by molar-refractivity contribution is 5.95. The Labute approximate surface area is 117 Å². The summed E-state index contributed by atoms with van der Waals surface area (Å²) in [5, 5.41) is 15.0. The average molecular weight is 302 g/mol. The normalized spacial score (nSPS) is 13.4. The Hall–Kier alpha value is -2.16. The third kappa shape index (κ3) is 3.13. The number of hydrogen-bond donors (Lipinski definition) is 2. The highest BCUT2D eigenvalue weighted by atomic mass is 19.4. The first kappa shape index (κ1) is 15.2. The van der Waals surface area contributed by atoms with E-state index in [4.69, 9.17) is 5.11 Å². The van der Waals surface area contributed by atoms with Gasteiger partial charge in [0.15, 0.2) is 11.8 Å². The first-order chi connectivity index (χ1) is 9.70. The van der Waals surface area contributed by atoms with Crippen molar-refractivity contribution in [3.8, 4) is 0 Å². The van der Waals surface area contributed by atoms with Gasteiger partial charge in [0, 0.05) is 12.3 Å². The zero-order chi connectivity index (χ0) is 15.8. The molecule has 2 heterocycles. The molecule has 2 aromatic rings. The van der Waals surface area contributed by atoms with Gasteiger partial charge >= 0.3 is 6.18 Å². The van der Waals surface area contributed by atoms with Crippen molar-refractivity contribution in [1.29, 1.82) is 0 Å². The molecular weight excluding hydrogens is 289 g/mol. The summed E-state index contributed by atoms with van der Waals surface area (Å²) in [5.74, 6) is -0.752. The topological polar surface area (TPSA) is 79.5 Å². The SMILES string of the molecule is Cc1cc2ncc(C(=O)NCC(O)C(F)(F)F)c(C)n2n1. The van der Waals surface area contributed by atoms with Crippen LogP contribution in [0.1, 0.15) is 21.7 Å². The Bertz CT molecular complexity index is 681. The largest absolute Gasteiger partial charge is 0.416 e. The van der Waals surface area contributed by atoms with Crippen LogP contribution in [0.5, 0.6) is 0 Å². The summed E-state index contributed by atoms with van der Waals surface area (Å²) in [5.41, 5.74) is 1.79. The number of hydrogen-bond acceptors (Lipinski definition) is 4. The molecular formula is C12H13F3N4O2. The average Bonchev–Trinajstić information content (AvgIpc) is 2.76. The lowest BCUT2D eigenvalue weighted by Gasteiger charge is -2.15. The minimum Gasteiger partial charge on any atom is -0.382 e. The maximum Gasteiger partial charge on any atom is 0.416 e. The molecule has 0 saturated carbocycles. The van der Waals surface area contributed by atoms with Crippen LogP contribution in [0.25, 0.3) is 5.65 Å². The number of aromatic nitrogens is 3. The van der Waals surface area contributed by atoms with Gasteiger partial charge in [0.1, 0.15) is 0 Å². The minimum absolute atomic E-state index is 0.0972. The first-order valence-corrected chi connectivity index (χ1v) is 6.05. The highest BCUT2D eigenvalue weighted by Gasteiger charge is 2.38. The van der Waals surface area contributed by atoms with Gasteiger partial charge in [-0.1, -0.05) is 0 Å². The Morgan fingerprint density at radius 2 is 2.14 bits per heavy atom. The Morgan fingerprint density at radius 3 is 2.76 bits per heavy atom. The number of carbonyl (C=O) groups excluding carboxylic acids is 1. The van der Waals surface area contributed by atoms with E-state index >= 15 is 0 Å². The molecule has 2 rings (SSSR count). The molecule has 0 fully saturated rings. The van der Waals surface area contributed by atoms with E-state index in [2.05, 4.69) is 10.1 Å². The molecule has 0 spiro atoms. The summed E-state index contributed by atoms with van der Waals surface area (Å²) < 4.78 is 37.9. The van der Waals surface area contributed by atoms with Crippen molar-refractivity contribution >= 4 is 11.6 Å². The number of carbonyl (C=O) groups is 1. The second-order valence-corrected chi connectivity index (χ2v) is 4.58. The van der Waals surface area contributed by atoms with Crippen molar-refractivity contribution < 1.29 is 23.1 Å². The van der Waals surface area contributed by atoms with Crippen molar-refractivity contribution in [3.05, 3.63) is 29.2 Å². The van der Waals surface area contributed by atoms with E-state index in [1.54, 1.807) is 19.9 Å². The quantitative estimate of drug-likeness (QED) is 0.886. The molecule has 114 valence electrons. The molecule has 21 heavy (non-hydrogen) atoms. The van der Waals surface area contributed by atoms with Crippen LogP contribution >= 0.6 is 0 Å². The Kier molecular flexibility index (Phi) is 3.86. The van der Waals surface area contributed by atoms with Gasteiger partial charge in [0.2, 0.25) is 0 Å². The number of halogens is 3. The zero-order valence-corrected chi connectivity index (χ0v) is 11.3. The molecule has 0 aliphatic heterocycles. The second kappa shape index (κ2) is 5.32. The summed E-state index contributed by atoms with van der Waals surface area (Å²) in [6, 6.07) is 1.71. The lowest BCUT2D eigenvalue weighted by Crippen LogP contribution is -2.41. The maximum atomic E-state index is 12.2. The molecule has 1 unspecified atom stereocenters. The van der Waals surface area contributed by atoms with Gasteiger partial charge in [-0.05, 0) is 13.8 Å². The molecule has 0 bridgehead atoms. The minimum atomic E-state index is -4.77. The van der Waals surface area contributed by atoms with E-state index in [1.165, 1.54) is 10.7 Å². The summed E-state index contributed by atoms with van der Waals surface area (Å²) in [4.78, 5) is 15.9. The Morgan fingerprint density at radius 1 is 1.48 bits per heavy atom. The summed E-state index contributed by atoms with van der Waals surface area (Å²) >= 11 is 0. The standard InChI is InChI=1S/C12H13F3N4O2/c1-6-3-10-16-4-8(7(2)19(10)18-6)11(21)17-5-9(20)12(13,14)15/h3-4,9,20H,5H2,1-2H3,(H,17,21). The lowest BCUT2D eigenvalue weighted by molar-refractivity contribution is -0.201. The number of fused-ring (bicyclic) bond motifs is 1. The first-order valence-electron chi connectivity index (χ1n) is 6.05. The van der Waals surface area contributed by atoms with Crippen molar-refractivity contribution in [1.82, 2.24) is 19.9 Å². The fourth-order valence-corrected chi connectivity index (χ4v) is 1.79.